The minimum absolute atomic E-state index is 0.0142. The van der Waals surface area contributed by atoms with Crippen molar-refractivity contribution in [1.29, 1.82) is 0 Å². The van der Waals surface area contributed by atoms with Crippen LogP contribution < -0.4 is 15.8 Å². The summed E-state index contributed by atoms with van der Waals surface area (Å²) in [7, 11) is -1.17. The Morgan fingerprint density at radius 2 is 2.21 bits per heavy atom. The zero-order valence-corrected chi connectivity index (χ0v) is 17.5. The van der Waals surface area contributed by atoms with Crippen LogP contribution in [0.4, 0.5) is 5.95 Å². The van der Waals surface area contributed by atoms with E-state index >= 15 is 0 Å². The molecular weight excluding hydrogens is 393 g/mol. The van der Waals surface area contributed by atoms with Crippen molar-refractivity contribution in [2.24, 2.45) is 0 Å². The number of anilines is 1. The average Bonchev–Trinajstić information content (AvgIpc) is 3.07. The number of nitrogens with one attached hydrogen (secondary N) is 1. The van der Waals surface area contributed by atoms with E-state index in [0.717, 1.165) is 11.3 Å². The molecule has 9 nitrogen and oxygen atoms in total. The lowest BCUT2D eigenvalue weighted by atomic mass is 9.85. The molecule has 0 radical (unpaired) electrons. The normalized spacial score (nSPS) is 16.6. The number of hydrogen-bond acceptors (Lipinski definition) is 7. The fraction of sp³-hybridized carbons (Fsp3) is 0.421. The fourth-order valence-electron chi connectivity index (χ4n) is 3.17. The number of nitrogens with zero attached hydrogens (tertiary/aromatic N) is 3. The first kappa shape index (κ1) is 19.8. The average molecular weight is 417 g/mol. The molecule has 0 fully saturated rings. The van der Waals surface area contributed by atoms with Crippen molar-refractivity contribution < 1.29 is 13.8 Å². The van der Waals surface area contributed by atoms with E-state index in [1.54, 1.807) is 10.9 Å². The highest BCUT2D eigenvalue weighted by Crippen LogP contribution is 2.49. The monoisotopic (exact) mass is 417 g/mol. The number of H-pyrrole nitrogens is 1. The van der Waals surface area contributed by atoms with Crippen LogP contribution in [-0.4, -0.2) is 32.5 Å². The zero-order chi connectivity index (χ0) is 20.6. The molecule has 0 spiro atoms. The number of imidazole rings is 1. The van der Waals surface area contributed by atoms with Crippen molar-refractivity contribution in [1.82, 2.24) is 19.5 Å². The van der Waals surface area contributed by atoms with E-state index in [1.807, 2.05) is 12.1 Å². The molecule has 1 aromatic carbocycles. The molecule has 154 valence electrons. The molecule has 29 heavy (non-hydrogen) atoms. The third-order valence-corrected chi connectivity index (χ3v) is 5.82. The van der Waals surface area contributed by atoms with Crippen LogP contribution in [0.5, 0.6) is 5.75 Å². The van der Waals surface area contributed by atoms with E-state index in [4.69, 9.17) is 19.5 Å². The Morgan fingerprint density at radius 1 is 1.38 bits per heavy atom. The number of hydrogen-bond donors (Lipinski definition) is 2. The quantitative estimate of drug-likeness (QED) is 0.484. The number of aromatic amines is 1. The number of nitrogens with two attached hydrogens (primary N) is 1. The third-order valence-electron chi connectivity index (χ3n) is 4.63. The van der Waals surface area contributed by atoms with Gasteiger partial charge < -0.3 is 24.1 Å². The van der Waals surface area contributed by atoms with Crippen LogP contribution in [-0.2, 0) is 27.8 Å². The van der Waals surface area contributed by atoms with Gasteiger partial charge in [-0.1, -0.05) is 39.0 Å². The van der Waals surface area contributed by atoms with E-state index in [-0.39, 0.29) is 22.4 Å². The number of rotatable bonds is 5. The second-order valence-corrected chi connectivity index (χ2v) is 9.20. The lowest BCUT2D eigenvalue weighted by Gasteiger charge is -2.30. The summed E-state index contributed by atoms with van der Waals surface area (Å²) in [6.45, 7) is 7.91. The van der Waals surface area contributed by atoms with Crippen molar-refractivity contribution in [3.05, 3.63) is 46.0 Å². The first-order valence-electron chi connectivity index (χ1n) is 9.32. The lowest BCUT2D eigenvalue weighted by Crippen LogP contribution is -2.17. The molecule has 1 atom stereocenters. The SMILES string of the molecule is CC(C)(C)c1cccc2c1OP(COCCn1cnc3c(=O)[nH]c(N)nc31)OC2. The maximum Gasteiger partial charge on any atom is 0.280 e. The number of nitrogen functional groups attached to an aromatic ring is 1. The molecule has 2 aromatic heterocycles. The third kappa shape index (κ3) is 4.12. The van der Waals surface area contributed by atoms with E-state index in [0.29, 0.717) is 31.8 Å². The molecule has 0 saturated carbocycles. The summed E-state index contributed by atoms with van der Waals surface area (Å²) in [5, 5.41) is 0. The molecule has 3 N–H and O–H groups in total. The maximum atomic E-state index is 11.8. The van der Waals surface area contributed by atoms with Crippen LogP contribution in [0.25, 0.3) is 11.2 Å². The van der Waals surface area contributed by atoms with Gasteiger partial charge in [0.05, 0.1) is 19.5 Å². The Hall–Kier alpha value is -2.48. The number of benzene rings is 1. The molecule has 4 rings (SSSR count). The van der Waals surface area contributed by atoms with E-state index in [9.17, 15) is 4.79 Å². The van der Waals surface area contributed by atoms with Gasteiger partial charge >= 0.3 is 0 Å². The Morgan fingerprint density at radius 3 is 3.00 bits per heavy atom. The highest BCUT2D eigenvalue weighted by molar-refractivity contribution is 7.47. The minimum Gasteiger partial charge on any atom is -0.445 e. The van der Waals surface area contributed by atoms with E-state index in [2.05, 4.69) is 41.8 Å². The van der Waals surface area contributed by atoms with Crippen LogP contribution in [0.15, 0.2) is 29.3 Å². The Bertz CT molecular complexity index is 1090. The van der Waals surface area contributed by atoms with Crippen LogP contribution in [0.3, 0.4) is 0 Å². The molecule has 3 aromatic rings. The van der Waals surface area contributed by atoms with Crippen molar-refractivity contribution in [2.75, 3.05) is 18.7 Å². The van der Waals surface area contributed by atoms with Crippen molar-refractivity contribution in [3.8, 4) is 5.75 Å². The van der Waals surface area contributed by atoms with E-state index in [1.165, 1.54) is 5.56 Å². The second kappa shape index (κ2) is 7.74. The highest BCUT2D eigenvalue weighted by Gasteiger charge is 2.28. The molecular formula is C19H24N5O4P. The highest BCUT2D eigenvalue weighted by atomic mass is 31.2. The summed E-state index contributed by atoms with van der Waals surface area (Å²) in [4.78, 5) is 22.5. The molecule has 0 bridgehead atoms. The lowest BCUT2D eigenvalue weighted by molar-refractivity contribution is 0.148. The van der Waals surface area contributed by atoms with Crippen LogP contribution in [0.2, 0.25) is 0 Å². The van der Waals surface area contributed by atoms with Crippen molar-refractivity contribution in [3.63, 3.8) is 0 Å². The predicted octanol–water partition coefficient (Wildman–Crippen LogP) is 2.89. The van der Waals surface area contributed by atoms with Gasteiger partial charge in [-0.25, -0.2) is 4.98 Å². The molecule has 1 unspecified atom stereocenters. The number of aromatic nitrogens is 4. The Kier molecular flexibility index (Phi) is 5.29. The van der Waals surface area contributed by atoms with Gasteiger partial charge in [0.15, 0.2) is 11.2 Å². The zero-order valence-electron chi connectivity index (χ0n) is 16.6. The molecule has 1 aliphatic heterocycles. The number of para-hydroxylation sites is 1. The smallest absolute Gasteiger partial charge is 0.280 e. The maximum absolute atomic E-state index is 11.8. The second-order valence-electron chi connectivity index (χ2n) is 7.84. The van der Waals surface area contributed by atoms with Gasteiger partial charge in [-0.05, 0) is 5.41 Å². The fourth-order valence-corrected chi connectivity index (χ4v) is 4.33. The van der Waals surface area contributed by atoms with Crippen LogP contribution >= 0.6 is 8.38 Å². The molecule has 0 amide bonds. The van der Waals surface area contributed by atoms with Gasteiger partial charge in [-0.3, -0.25) is 9.78 Å². The number of fused-ring (bicyclic) bond motifs is 2. The van der Waals surface area contributed by atoms with Gasteiger partial charge in [0.25, 0.3) is 13.9 Å². The molecule has 3 heterocycles. The standard InChI is InChI=1S/C19H24N5O4P/c1-19(2,3)13-6-4-5-12-9-27-29(28-15(12)13)11-26-8-7-24-10-21-14-16(24)22-18(20)23-17(14)25/h4-6,10H,7-9,11H2,1-3H3,(H3,20,22,23,25). The summed E-state index contributed by atoms with van der Waals surface area (Å²) in [6.07, 6.45) is 1.91. The van der Waals surface area contributed by atoms with Gasteiger partial charge in [-0.15, -0.1) is 0 Å². The number of ether oxygens (including phenoxy) is 1. The summed E-state index contributed by atoms with van der Waals surface area (Å²) in [5.41, 5.74) is 8.18. The Balaban J connectivity index is 1.37. The molecule has 10 heteroatoms. The predicted molar refractivity (Wildman–Crippen MR) is 111 cm³/mol. The summed E-state index contributed by atoms with van der Waals surface area (Å²) < 4.78 is 19.5. The van der Waals surface area contributed by atoms with Gasteiger partial charge in [0.1, 0.15) is 12.1 Å². The van der Waals surface area contributed by atoms with Gasteiger partial charge in [0, 0.05) is 17.7 Å². The van der Waals surface area contributed by atoms with Crippen LogP contribution in [0, 0.1) is 0 Å². The van der Waals surface area contributed by atoms with Crippen LogP contribution in [0.1, 0.15) is 31.9 Å². The summed E-state index contributed by atoms with van der Waals surface area (Å²) >= 11 is 0. The van der Waals surface area contributed by atoms with Gasteiger partial charge in [-0.2, -0.15) is 4.98 Å². The molecule has 0 saturated heterocycles. The largest absolute Gasteiger partial charge is 0.445 e. The van der Waals surface area contributed by atoms with Crippen molar-refractivity contribution in [2.45, 2.75) is 39.3 Å². The minimum atomic E-state index is -1.17. The summed E-state index contributed by atoms with van der Waals surface area (Å²) in [5.74, 6) is 0.978. The Labute approximate surface area is 169 Å². The first-order valence-corrected chi connectivity index (χ1v) is 10.7. The summed E-state index contributed by atoms with van der Waals surface area (Å²) in [6, 6.07) is 6.17. The molecule has 1 aliphatic rings. The topological polar surface area (TPSA) is 117 Å². The van der Waals surface area contributed by atoms with Gasteiger partial charge in [0.2, 0.25) is 5.95 Å². The van der Waals surface area contributed by atoms with Crippen molar-refractivity contribution >= 4 is 25.5 Å². The van der Waals surface area contributed by atoms with E-state index < -0.39 is 8.38 Å². The first-order chi connectivity index (χ1) is 13.8. The molecule has 0 aliphatic carbocycles.